The van der Waals surface area contributed by atoms with Crippen LogP contribution < -0.4 is 0 Å². The number of hydrogen-bond acceptors (Lipinski definition) is 3. The van der Waals surface area contributed by atoms with Crippen LogP contribution in [0.1, 0.15) is 31.2 Å². The van der Waals surface area contributed by atoms with Crippen molar-refractivity contribution in [3.8, 4) is 0 Å². The van der Waals surface area contributed by atoms with Crippen LogP contribution in [0.3, 0.4) is 0 Å². The van der Waals surface area contributed by atoms with Gasteiger partial charge >= 0.3 is 0 Å². The lowest BCUT2D eigenvalue weighted by Crippen LogP contribution is -2.43. The van der Waals surface area contributed by atoms with Crippen molar-refractivity contribution in [1.82, 2.24) is 9.80 Å². The molecule has 0 radical (unpaired) electrons. The summed E-state index contributed by atoms with van der Waals surface area (Å²) in [6, 6.07) is 8.42. The molecule has 2 saturated heterocycles. The van der Waals surface area contributed by atoms with Crippen LogP contribution in [0.25, 0.3) is 0 Å². The number of rotatable bonds is 6. The second-order valence-corrected chi connectivity index (χ2v) is 7.09. The van der Waals surface area contributed by atoms with Gasteiger partial charge in [0.05, 0.1) is 6.10 Å². The topological polar surface area (TPSA) is 43.8 Å². The highest BCUT2D eigenvalue weighted by Gasteiger charge is 2.29. The molecule has 2 heterocycles. The quantitative estimate of drug-likeness (QED) is 0.867. The SMILES string of the molecule is O=C1CCCN1CC(O)CN1CCCC1Cc1ccccc1Cl. The lowest BCUT2D eigenvalue weighted by atomic mass is 10.0. The predicted molar refractivity (Wildman–Crippen MR) is 91.6 cm³/mol. The van der Waals surface area contributed by atoms with E-state index in [0.717, 1.165) is 43.8 Å². The van der Waals surface area contributed by atoms with Gasteiger partial charge in [0.25, 0.3) is 0 Å². The molecule has 0 spiro atoms. The van der Waals surface area contributed by atoms with Gasteiger partial charge in [0.1, 0.15) is 0 Å². The summed E-state index contributed by atoms with van der Waals surface area (Å²) < 4.78 is 0. The predicted octanol–water partition coefficient (Wildman–Crippen LogP) is 2.33. The van der Waals surface area contributed by atoms with Crippen LogP contribution >= 0.6 is 11.6 Å². The van der Waals surface area contributed by atoms with E-state index in [1.165, 1.54) is 5.56 Å². The first-order valence-corrected chi connectivity index (χ1v) is 8.94. The molecule has 2 aliphatic rings. The molecule has 1 aromatic carbocycles. The van der Waals surface area contributed by atoms with Crippen molar-refractivity contribution >= 4 is 17.5 Å². The first-order valence-electron chi connectivity index (χ1n) is 8.57. The largest absolute Gasteiger partial charge is 0.390 e. The molecule has 2 atom stereocenters. The van der Waals surface area contributed by atoms with Crippen molar-refractivity contribution < 1.29 is 9.90 Å². The van der Waals surface area contributed by atoms with Crippen LogP contribution in [-0.2, 0) is 11.2 Å². The molecule has 1 aromatic rings. The molecule has 0 saturated carbocycles. The third-order valence-corrected chi connectivity index (χ3v) is 5.33. The highest BCUT2D eigenvalue weighted by atomic mass is 35.5. The number of carbonyl (C=O) groups excluding carboxylic acids is 1. The molecular weight excluding hydrogens is 312 g/mol. The second kappa shape index (κ2) is 7.65. The summed E-state index contributed by atoms with van der Waals surface area (Å²) in [6.45, 7) is 2.91. The minimum Gasteiger partial charge on any atom is -0.390 e. The maximum absolute atomic E-state index is 11.7. The number of β-amino-alcohol motifs (C(OH)–C–C–N with tert-alkyl or cyclic N) is 1. The van der Waals surface area contributed by atoms with Crippen LogP contribution in [0, 0.1) is 0 Å². The van der Waals surface area contributed by atoms with Crippen molar-refractivity contribution in [1.29, 1.82) is 0 Å². The Morgan fingerprint density at radius 3 is 2.78 bits per heavy atom. The van der Waals surface area contributed by atoms with Gasteiger partial charge in [-0.1, -0.05) is 29.8 Å². The van der Waals surface area contributed by atoms with Crippen molar-refractivity contribution in [2.24, 2.45) is 0 Å². The monoisotopic (exact) mass is 336 g/mol. The van der Waals surface area contributed by atoms with Crippen LogP contribution in [0.4, 0.5) is 0 Å². The van der Waals surface area contributed by atoms with Crippen molar-refractivity contribution in [2.45, 2.75) is 44.2 Å². The number of aliphatic hydroxyl groups is 1. The standard InChI is InChI=1S/C18H25ClN2O2/c19-17-7-2-1-5-14(17)11-15-6-3-9-20(15)12-16(22)13-21-10-4-8-18(21)23/h1-2,5,7,15-16,22H,3-4,6,8-13H2. The summed E-state index contributed by atoms with van der Waals surface area (Å²) in [5, 5.41) is 11.2. The molecule has 3 rings (SSSR count). The Labute approximate surface area is 143 Å². The van der Waals surface area contributed by atoms with E-state index < -0.39 is 6.10 Å². The van der Waals surface area contributed by atoms with E-state index in [9.17, 15) is 9.90 Å². The average molecular weight is 337 g/mol. The van der Waals surface area contributed by atoms with E-state index in [1.54, 1.807) is 4.90 Å². The third kappa shape index (κ3) is 4.25. The smallest absolute Gasteiger partial charge is 0.222 e. The molecule has 1 amide bonds. The van der Waals surface area contributed by atoms with Crippen LogP contribution in [-0.4, -0.2) is 59.1 Å². The van der Waals surface area contributed by atoms with Crippen LogP contribution in [0.5, 0.6) is 0 Å². The van der Waals surface area contributed by atoms with E-state index in [2.05, 4.69) is 11.0 Å². The fourth-order valence-corrected chi connectivity index (χ4v) is 3.98. The zero-order valence-corrected chi connectivity index (χ0v) is 14.2. The third-order valence-electron chi connectivity index (χ3n) is 4.96. The Hall–Kier alpha value is -1.10. The van der Waals surface area contributed by atoms with Gasteiger partial charge in [-0.25, -0.2) is 0 Å². The molecule has 1 N–H and O–H groups in total. The normalized spacial score (nSPS) is 23.7. The molecule has 2 aliphatic heterocycles. The number of likely N-dealkylation sites (tertiary alicyclic amines) is 2. The average Bonchev–Trinajstić information content (AvgIpc) is 3.12. The minimum absolute atomic E-state index is 0.179. The maximum atomic E-state index is 11.7. The number of aliphatic hydroxyl groups excluding tert-OH is 1. The van der Waals surface area contributed by atoms with Gasteiger partial charge in [0, 0.05) is 37.1 Å². The Kier molecular flexibility index (Phi) is 5.57. The van der Waals surface area contributed by atoms with Gasteiger partial charge in [0.2, 0.25) is 5.91 Å². The fourth-order valence-electron chi connectivity index (χ4n) is 3.76. The number of nitrogens with zero attached hydrogens (tertiary/aromatic N) is 2. The number of carbonyl (C=O) groups is 1. The maximum Gasteiger partial charge on any atom is 0.222 e. The summed E-state index contributed by atoms with van der Waals surface area (Å²) in [7, 11) is 0. The molecule has 0 bridgehead atoms. The molecular formula is C18H25ClN2O2. The van der Waals surface area contributed by atoms with E-state index in [1.807, 2.05) is 18.2 Å². The molecule has 2 fully saturated rings. The summed E-state index contributed by atoms with van der Waals surface area (Å²) >= 11 is 6.27. The summed E-state index contributed by atoms with van der Waals surface area (Å²) in [5.74, 6) is 0.179. The molecule has 0 aliphatic carbocycles. The van der Waals surface area contributed by atoms with E-state index in [0.29, 0.717) is 25.6 Å². The summed E-state index contributed by atoms with van der Waals surface area (Å²) in [4.78, 5) is 15.8. The fraction of sp³-hybridized carbons (Fsp3) is 0.611. The summed E-state index contributed by atoms with van der Waals surface area (Å²) in [5.41, 5.74) is 1.18. The van der Waals surface area contributed by atoms with Gasteiger partial charge in [-0.2, -0.15) is 0 Å². The van der Waals surface area contributed by atoms with Crippen LogP contribution in [0.2, 0.25) is 5.02 Å². The second-order valence-electron chi connectivity index (χ2n) is 6.68. The molecule has 4 nitrogen and oxygen atoms in total. The van der Waals surface area contributed by atoms with Crippen LogP contribution in [0.15, 0.2) is 24.3 Å². The Bertz CT molecular complexity index is 552. The van der Waals surface area contributed by atoms with E-state index in [-0.39, 0.29) is 5.91 Å². The van der Waals surface area contributed by atoms with Gasteiger partial charge in [-0.3, -0.25) is 9.69 Å². The van der Waals surface area contributed by atoms with E-state index >= 15 is 0 Å². The lowest BCUT2D eigenvalue weighted by molar-refractivity contribution is -0.129. The molecule has 126 valence electrons. The number of hydrogen-bond donors (Lipinski definition) is 1. The Morgan fingerprint density at radius 1 is 1.22 bits per heavy atom. The first-order chi connectivity index (χ1) is 11.1. The van der Waals surface area contributed by atoms with Crippen molar-refractivity contribution in [3.63, 3.8) is 0 Å². The first kappa shape index (κ1) is 16.7. The summed E-state index contributed by atoms with van der Waals surface area (Å²) in [6.07, 6.45) is 4.31. The van der Waals surface area contributed by atoms with Gasteiger partial charge in [0.15, 0.2) is 0 Å². The van der Waals surface area contributed by atoms with Crippen molar-refractivity contribution in [2.75, 3.05) is 26.2 Å². The molecule has 23 heavy (non-hydrogen) atoms. The lowest BCUT2D eigenvalue weighted by Gasteiger charge is -2.29. The highest BCUT2D eigenvalue weighted by molar-refractivity contribution is 6.31. The molecule has 0 aromatic heterocycles. The molecule has 2 unspecified atom stereocenters. The Morgan fingerprint density at radius 2 is 2.04 bits per heavy atom. The minimum atomic E-state index is -0.469. The zero-order chi connectivity index (χ0) is 16.2. The number of benzene rings is 1. The van der Waals surface area contributed by atoms with Gasteiger partial charge < -0.3 is 10.0 Å². The van der Waals surface area contributed by atoms with Gasteiger partial charge in [-0.05, 0) is 43.9 Å². The van der Waals surface area contributed by atoms with E-state index in [4.69, 9.17) is 11.6 Å². The number of halogens is 1. The number of amides is 1. The molecule has 5 heteroatoms. The Balaban J connectivity index is 1.54. The highest BCUT2D eigenvalue weighted by Crippen LogP contribution is 2.25. The van der Waals surface area contributed by atoms with Crippen molar-refractivity contribution in [3.05, 3.63) is 34.9 Å². The van der Waals surface area contributed by atoms with Gasteiger partial charge in [-0.15, -0.1) is 0 Å². The zero-order valence-electron chi connectivity index (χ0n) is 13.5.